The molecule has 0 spiro atoms. The molecular formula is C19H14N6O. The predicted molar refractivity (Wildman–Crippen MR) is 98.9 cm³/mol. The van der Waals surface area contributed by atoms with Gasteiger partial charge in [0.15, 0.2) is 11.5 Å². The molecule has 5 aromatic rings. The van der Waals surface area contributed by atoms with Crippen molar-refractivity contribution < 1.29 is 0 Å². The lowest BCUT2D eigenvalue weighted by atomic mass is 10.2. The zero-order valence-corrected chi connectivity index (χ0v) is 13.9. The van der Waals surface area contributed by atoms with Gasteiger partial charge in [-0.2, -0.15) is 5.10 Å². The Bertz CT molecular complexity index is 1310. The van der Waals surface area contributed by atoms with E-state index in [-0.39, 0.29) is 5.69 Å². The van der Waals surface area contributed by atoms with Crippen LogP contribution < -0.4 is 5.69 Å². The minimum Gasteiger partial charge on any atom is -0.304 e. The van der Waals surface area contributed by atoms with Crippen LogP contribution in [0.1, 0.15) is 5.56 Å². The number of nitrogens with one attached hydrogen (secondary N) is 1. The highest BCUT2D eigenvalue weighted by Gasteiger charge is 2.12. The molecule has 0 unspecified atom stereocenters. The minimum absolute atomic E-state index is 0.217. The van der Waals surface area contributed by atoms with E-state index in [1.165, 1.54) is 0 Å². The van der Waals surface area contributed by atoms with Crippen LogP contribution in [0.2, 0.25) is 0 Å². The summed E-state index contributed by atoms with van der Waals surface area (Å²) in [5, 5.41) is 5.36. The van der Waals surface area contributed by atoms with E-state index in [4.69, 9.17) is 0 Å². The van der Waals surface area contributed by atoms with Crippen molar-refractivity contribution in [3.05, 3.63) is 77.1 Å². The number of imidazole rings is 1. The van der Waals surface area contributed by atoms with Gasteiger partial charge < -0.3 is 4.98 Å². The Labute approximate surface area is 147 Å². The van der Waals surface area contributed by atoms with E-state index in [0.717, 1.165) is 28.0 Å². The molecule has 26 heavy (non-hydrogen) atoms. The molecule has 5 rings (SSSR count). The monoisotopic (exact) mass is 342 g/mol. The second-order valence-electron chi connectivity index (χ2n) is 6.13. The number of nitrogens with zero attached hydrogens (tertiary/aromatic N) is 5. The summed E-state index contributed by atoms with van der Waals surface area (Å²) in [5.41, 5.74) is 3.85. The first-order chi connectivity index (χ1) is 12.7. The molecular weight excluding hydrogens is 328 g/mol. The molecule has 7 nitrogen and oxygen atoms in total. The lowest BCUT2D eigenvalue weighted by Crippen LogP contribution is -2.14. The normalized spacial score (nSPS) is 11.4. The molecule has 0 aliphatic rings. The molecule has 7 heteroatoms. The number of aryl methyl sites for hydroxylation is 1. The van der Waals surface area contributed by atoms with Crippen LogP contribution >= 0.6 is 0 Å². The lowest BCUT2D eigenvalue weighted by Gasteiger charge is -2.05. The van der Waals surface area contributed by atoms with Crippen LogP contribution in [0.25, 0.3) is 33.6 Å². The summed E-state index contributed by atoms with van der Waals surface area (Å²) in [6.07, 6.45) is 5.26. The van der Waals surface area contributed by atoms with Gasteiger partial charge in [0.1, 0.15) is 0 Å². The SMILES string of the molecule is Cc1ccc(-n2ncc3cc(-n4c(=O)[nH]c5cccnc54)ccc32)nc1. The Balaban J connectivity index is 1.69. The molecule has 0 radical (unpaired) electrons. The highest BCUT2D eigenvalue weighted by molar-refractivity contribution is 5.83. The highest BCUT2D eigenvalue weighted by atomic mass is 16.1. The summed E-state index contributed by atoms with van der Waals surface area (Å²) >= 11 is 0. The van der Waals surface area contributed by atoms with Gasteiger partial charge in [-0.1, -0.05) is 6.07 Å². The number of benzene rings is 1. The van der Waals surface area contributed by atoms with E-state index in [2.05, 4.69) is 20.1 Å². The van der Waals surface area contributed by atoms with E-state index in [1.54, 1.807) is 27.7 Å². The Morgan fingerprint density at radius 3 is 2.81 bits per heavy atom. The smallest absolute Gasteiger partial charge is 0.304 e. The van der Waals surface area contributed by atoms with Crippen molar-refractivity contribution in [1.82, 2.24) is 29.3 Å². The first-order valence-corrected chi connectivity index (χ1v) is 8.18. The van der Waals surface area contributed by atoms with Crippen LogP contribution in [0.4, 0.5) is 0 Å². The van der Waals surface area contributed by atoms with Gasteiger partial charge in [-0.15, -0.1) is 0 Å². The van der Waals surface area contributed by atoms with Crippen molar-refractivity contribution in [2.45, 2.75) is 6.92 Å². The second kappa shape index (κ2) is 5.38. The second-order valence-corrected chi connectivity index (χ2v) is 6.13. The Morgan fingerprint density at radius 1 is 1.04 bits per heavy atom. The molecule has 0 aliphatic carbocycles. The fraction of sp³-hybridized carbons (Fsp3) is 0.0526. The average Bonchev–Trinajstić information content (AvgIpc) is 3.22. The van der Waals surface area contributed by atoms with Crippen molar-refractivity contribution in [3.63, 3.8) is 0 Å². The topological polar surface area (TPSA) is 81.4 Å². The van der Waals surface area contributed by atoms with E-state index in [0.29, 0.717) is 11.2 Å². The van der Waals surface area contributed by atoms with Crippen LogP contribution in [-0.4, -0.2) is 29.3 Å². The number of pyridine rings is 2. The van der Waals surface area contributed by atoms with Crippen LogP contribution in [-0.2, 0) is 0 Å². The molecule has 0 atom stereocenters. The first kappa shape index (κ1) is 14.6. The summed E-state index contributed by atoms with van der Waals surface area (Å²) in [6.45, 7) is 2.00. The fourth-order valence-electron chi connectivity index (χ4n) is 3.11. The van der Waals surface area contributed by atoms with Crippen molar-refractivity contribution >= 4 is 22.1 Å². The number of aromatic amines is 1. The molecule has 4 heterocycles. The number of hydrogen-bond donors (Lipinski definition) is 1. The van der Waals surface area contributed by atoms with E-state index in [9.17, 15) is 4.79 Å². The van der Waals surface area contributed by atoms with Crippen LogP contribution in [0.3, 0.4) is 0 Å². The predicted octanol–water partition coefficient (Wildman–Crippen LogP) is 2.76. The molecule has 126 valence electrons. The minimum atomic E-state index is -0.217. The molecule has 0 saturated carbocycles. The van der Waals surface area contributed by atoms with Gasteiger partial charge in [0.2, 0.25) is 0 Å². The summed E-state index contributed by atoms with van der Waals surface area (Å²) in [6, 6.07) is 13.3. The molecule has 4 aromatic heterocycles. The maximum atomic E-state index is 12.4. The summed E-state index contributed by atoms with van der Waals surface area (Å²) < 4.78 is 3.35. The van der Waals surface area contributed by atoms with Crippen LogP contribution in [0.15, 0.2) is 65.8 Å². The average molecular weight is 342 g/mol. The summed E-state index contributed by atoms with van der Waals surface area (Å²) in [7, 11) is 0. The summed E-state index contributed by atoms with van der Waals surface area (Å²) in [5.74, 6) is 0.754. The third-order valence-electron chi connectivity index (χ3n) is 4.37. The maximum absolute atomic E-state index is 12.4. The molecule has 0 saturated heterocycles. The van der Waals surface area contributed by atoms with Crippen LogP contribution in [0.5, 0.6) is 0 Å². The van der Waals surface area contributed by atoms with Gasteiger partial charge in [-0.25, -0.2) is 24.0 Å². The van der Waals surface area contributed by atoms with Gasteiger partial charge in [0.05, 0.1) is 22.9 Å². The molecule has 0 aliphatic heterocycles. The number of aromatic nitrogens is 6. The number of H-pyrrole nitrogens is 1. The van der Waals surface area contributed by atoms with Gasteiger partial charge >= 0.3 is 5.69 Å². The Morgan fingerprint density at radius 2 is 1.96 bits per heavy atom. The molecule has 0 amide bonds. The molecule has 1 aromatic carbocycles. The molecule has 1 N–H and O–H groups in total. The fourth-order valence-corrected chi connectivity index (χ4v) is 3.11. The third-order valence-corrected chi connectivity index (χ3v) is 4.37. The lowest BCUT2D eigenvalue weighted by molar-refractivity contribution is 0.872. The van der Waals surface area contributed by atoms with E-state index in [1.807, 2.05) is 49.5 Å². The highest BCUT2D eigenvalue weighted by Crippen LogP contribution is 2.22. The Kier molecular flexibility index (Phi) is 3.02. The van der Waals surface area contributed by atoms with Crippen LogP contribution in [0, 0.1) is 6.92 Å². The largest absolute Gasteiger partial charge is 0.332 e. The zero-order chi connectivity index (χ0) is 17.7. The van der Waals surface area contributed by atoms with E-state index >= 15 is 0 Å². The van der Waals surface area contributed by atoms with Crippen molar-refractivity contribution in [1.29, 1.82) is 0 Å². The Hall–Kier alpha value is -3.74. The van der Waals surface area contributed by atoms with Crippen molar-refractivity contribution in [3.8, 4) is 11.5 Å². The maximum Gasteiger partial charge on any atom is 0.332 e. The quantitative estimate of drug-likeness (QED) is 0.535. The van der Waals surface area contributed by atoms with E-state index < -0.39 is 0 Å². The number of rotatable bonds is 2. The van der Waals surface area contributed by atoms with Crippen molar-refractivity contribution in [2.75, 3.05) is 0 Å². The number of hydrogen-bond acceptors (Lipinski definition) is 4. The number of fused-ring (bicyclic) bond motifs is 2. The zero-order valence-electron chi connectivity index (χ0n) is 13.9. The van der Waals surface area contributed by atoms with Gasteiger partial charge in [0.25, 0.3) is 0 Å². The standard InChI is InChI=1S/C19H14N6O/c1-12-4-7-17(21-10-12)25-16-6-5-14(9-13(16)11-22-25)24-18-15(23-19(24)26)3-2-8-20-18/h2-11H,1H3,(H,23,26). The molecule has 0 fully saturated rings. The van der Waals surface area contributed by atoms with Gasteiger partial charge in [0, 0.05) is 17.8 Å². The van der Waals surface area contributed by atoms with Gasteiger partial charge in [-0.3, -0.25) is 0 Å². The van der Waals surface area contributed by atoms with Gasteiger partial charge in [-0.05, 0) is 48.9 Å². The van der Waals surface area contributed by atoms with Crippen molar-refractivity contribution in [2.24, 2.45) is 0 Å². The molecule has 0 bridgehead atoms. The summed E-state index contributed by atoms with van der Waals surface area (Å²) in [4.78, 5) is 23.9. The first-order valence-electron chi connectivity index (χ1n) is 8.18. The third kappa shape index (κ3) is 2.14.